The van der Waals surface area contributed by atoms with Crippen molar-refractivity contribution in [2.45, 2.75) is 44.9 Å². The Morgan fingerprint density at radius 1 is 1.03 bits per heavy atom. The predicted molar refractivity (Wildman–Crippen MR) is 129 cm³/mol. The molecule has 0 radical (unpaired) electrons. The van der Waals surface area contributed by atoms with Crippen LogP contribution in [0, 0.1) is 25.7 Å². The van der Waals surface area contributed by atoms with Gasteiger partial charge in [-0.2, -0.15) is 4.31 Å². The lowest BCUT2D eigenvalue weighted by molar-refractivity contribution is -0.122. The van der Waals surface area contributed by atoms with Crippen molar-refractivity contribution in [1.29, 1.82) is 0 Å². The maximum Gasteiger partial charge on any atom is 0.243 e. The summed E-state index contributed by atoms with van der Waals surface area (Å²) in [4.78, 5) is 27.2. The number of nitrogens with one attached hydrogen (secondary N) is 1. The molecule has 2 amide bonds. The van der Waals surface area contributed by atoms with Gasteiger partial charge in [0, 0.05) is 37.4 Å². The molecule has 1 N–H and O–H groups in total. The van der Waals surface area contributed by atoms with Crippen LogP contribution < -0.4 is 10.2 Å². The van der Waals surface area contributed by atoms with Gasteiger partial charge in [-0.05, 0) is 74.1 Å². The molecule has 1 atom stereocenters. The van der Waals surface area contributed by atoms with Crippen LogP contribution >= 0.6 is 0 Å². The van der Waals surface area contributed by atoms with Gasteiger partial charge in [0.05, 0.1) is 10.8 Å². The van der Waals surface area contributed by atoms with Crippen molar-refractivity contribution in [3.05, 3.63) is 53.6 Å². The summed E-state index contributed by atoms with van der Waals surface area (Å²) in [6.45, 7) is 7.37. The maximum absolute atomic E-state index is 12.9. The summed E-state index contributed by atoms with van der Waals surface area (Å²) in [5.74, 6) is -0.244. The maximum atomic E-state index is 12.9. The third-order valence-electron chi connectivity index (χ3n) is 6.68. The fourth-order valence-electron chi connectivity index (χ4n) is 4.41. The van der Waals surface area contributed by atoms with E-state index >= 15 is 0 Å². The molecule has 2 fully saturated rings. The highest BCUT2D eigenvalue weighted by atomic mass is 32.2. The number of amides is 2. The first-order valence-corrected chi connectivity index (χ1v) is 12.9. The van der Waals surface area contributed by atoms with E-state index in [-0.39, 0.29) is 29.7 Å². The number of nitrogens with zero attached hydrogens (tertiary/aromatic N) is 2. The molecule has 2 aliphatic rings. The van der Waals surface area contributed by atoms with E-state index in [1.807, 2.05) is 32.0 Å². The molecule has 8 heteroatoms. The Balaban J connectivity index is 1.44. The summed E-state index contributed by atoms with van der Waals surface area (Å²) in [7, 11) is -3.54. The minimum absolute atomic E-state index is 0.128. The summed E-state index contributed by atoms with van der Waals surface area (Å²) in [6.07, 6.45) is 1.86. The van der Waals surface area contributed by atoms with E-state index in [1.165, 1.54) is 4.31 Å². The van der Waals surface area contributed by atoms with Crippen LogP contribution in [0.3, 0.4) is 0 Å². The topological polar surface area (TPSA) is 86.8 Å². The van der Waals surface area contributed by atoms with Crippen LogP contribution in [-0.4, -0.2) is 44.2 Å². The largest absolute Gasteiger partial charge is 0.326 e. The predicted octanol–water partition coefficient (Wildman–Crippen LogP) is 3.72. The number of carbonyl (C=O) groups is 2. The molecule has 0 aromatic heterocycles. The lowest BCUT2D eigenvalue weighted by Crippen LogP contribution is -2.37. The van der Waals surface area contributed by atoms with Gasteiger partial charge < -0.3 is 10.2 Å². The highest BCUT2D eigenvalue weighted by Crippen LogP contribution is 2.29. The molecule has 2 saturated heterocycles. The van der Waals surface area contributed by atoms with E-state index in [2.05, 4.69) is 12.2 Å². The summed E-state index contributed by atoms with van der Waals surface area (Å²) in [6, 6.07) is 12.3. The number of rotatable bonds is 5. The minimum atomic E-state index is -3.54. The summed E-state index contributed by atoms with van der Waals surface area (Å²) >= 11 is 0. The van der Waals surface area contributed by atoms with Gasteiger partial charge in [0.25, 0.3) is 0 Å². The average molecular weight is 470 g/mol. The molecule has 2 heterocycles. The molecule has 4 rings (SSSR count). The second-order valence-electron chi connectivity index (χ2n) is 9.29. The second kappa shape index (κ2) is 9.27. The number of hydrogen-bond donors (Lipinski definition) is 1. The highest BCUT2D eigenvalue weighted by molar-refractivity contribution is 7.89. The van der Waals surface area contributed by atoms with Gasteiger partial charge in [-0.25, -0.2) is 8.42 Å². The van der Waals surface area contributed by atoms with E-state index in [0.29, 0.717) is 24.7 Å². The molecule has 0 aliphatic carbocycles. The van der Waals surface area contributed by atoms with Crippen LogP contribution in [0.2, 0.25) is 0 Å². The van der Waals surface area contributed by atoms with E-state index in [1.54, 1.807) is 29.2 Å². The Morgan fingerprint density at radius 3 is 2.36 bits per heavy atom. The van der Waals surface area contributed by atoms with Crippen molar-refractivity contribution in [2.75, 3.05) is 29.9 Å². The van der Waals surface area contributed by atoms with E-state index in [0.717, 1.165) is 29.7 Å². The fraction of sp³-hybridized carbons (Fsp3) is 0.440. The molecule has 7 nitrogen and oxygen atoms in total. The number of aryl methyl sites for hydroxylation is 2. The summed E-state index contributed by atoms with van der Waals surface area (Å²) < 4.78 is 27.4. The van der Waals surface area contributed by atoms with Crippen LogP contribution in [0.15, 0.2) is 47.4 Å². The van der Waals surface area contributed by atoms with Crippen molar-refractivity contribution in [1.82, 2.24) is 4.31 Å². The Bertz CT molecular complexity index is 1150. The monoisotopic (exact) mass is 469 g/mol. The molecule has 2 aromatic rings. The quantitative estimate of drug-likeness (QED) is 0.723. The van der Waals surface area contributed by atoms with Gasteiger partial charge in [-0.15, -0.1) is 0 Å². The molecule has 0 unspecified atom stereocenters. The lowest BCUT2D eigenvalue weighted by atomic mass is 10.0. The van der Waals surface area contributed by atoms with Gasteiger partial charge in [0.1, 0.15) is 0 Å². The Hall–Kier alpha value is -2.71. The Kier molecular flexibility index (Phi) is 6.59. The van der Waals surface area contributed by atoms with Crippen LogP contribution in [0.25, 0.3) is 0 Å². The van der Waals surface area contributed by atoms with Gasteiger partial charge in [0.15, 0.2) is 0 Å². The van der Waals surface area contributed by atoms with E-state index < -0.39 is 15.9 Å². The second-order valence-corrected chi connectivity index (χ2v) is 11.2. The Labute approximate surface area is 195 Å². The first-order chi connectivity index (χ1) is 15.6. The molecule has 33 heavy (non-hydrogen) atoms. The molecular formula is C25H31N3O4S. The number of anilines is 2. The van der Waals surface area contributed by atoms with Gasteiger partial charge >= 0.3 is 0 Å². The number of carbonyl (C=O) groups excluding carboxylic acids is 2. The lowest BCUT2D eigenvalue weighted by Gasteiger charge is -2.29. The summed E-state index contributed by atoms with van der Waals surface area (Å²) in [5, 5.41) is 2.95. The van der Waals surface area contributed by atoms with E-state index in [4.69, 9.17) is 0 Å². The molecule has 176 valence electrons. The number of hydrogen-bond acceptors (Lipinski definition) is 4. The van der Waals surface area contributed by atoms with E-state index in [9.17, 15) is 18.0 Å². The number of piperidine rings is 1. The average Bonchev–Trinajstić information content (AvgIpc) is 3.18. The van der Waals surface area contributed by atoms with Crippen molar-refractivity contribution in [2.24, 2.45) is 11.8 Å². The van der Waals surface area contributed by atoms with Crippen molar-refractivity contribution < 1.29 is 18.0 Å². The van der Waals surface area contributed by atoms with Gasteiger partial charge in [0.2, 0.25) is 21.8 Å². The van der Waals surface area contributed by atoms with Crippen LogP contribution in [0.1, 0.15) is 37.3 Å². The zero-order valence-electron chi connectivity index (χ0n) is 19.4. The Morgan fingerprint density at radius 2 is 1.70 bits per heavy atom. The van der Waals surface area contributed by atoms with Gasteiger partial charge in [-0.1, -0.05) is 19.1 Å². The molecule has 2 aromatic carbocycles. The first kappa shape index (κ1) is 23.4. The molecule has 2 aliphatic heterocycles. The van der Waals surface area contributed by atoms with Crippen molar-refractivity contribution in [3.63, 3.8) is 0 Å². The van der Waals surface area contributed by atoms with Crippen LogP contribution in [0.4, 0.5) is 11.4 Å². The SMILES string of the molecule is Cc1ccc(C)c(NC(=O)[C@H]2CC(=O)N(c3ccc(S(=O)(=O)N4CCC(C)CC4)cc3)C2)c1. The molecule has 0 saturated carbocycles. The third kappa shape index (κ3) is 4.96. The summed E-state index contributed by atoms with van der Waals surface area (Å²) in [5.41, 5.74) is 3.38. The van der Waals surface area contributed by atoms with Crippen molar-refractivity contribution >= 4 is 33.2 Å². The van der Waals surface area contributed by atoms with Crippen molar-refractivity contribution in [3.8, 4) is 0 Å². The fourth-order valence-corrected chi connectivity index (χ4v) is 5.88. The minimum Gasteiger partial charge on any atom is -0.326 e. The highest BCUT2D eigenvalue weighted by Gasteiger charge is 2.36. The molecule has 0 spiro atoms. The zero-order chi connectivity index (χ0) is 23.8. The first-order valence-electron chi connectivity index (χ1n) is 11.4. The third-order valence-corrected chi connectivity index (χ3v) is 8.59. The smallest absolute Gasteiger partial charge is 0.243 e. The zero-order valence-corrected chi connectivity index (χ0v) is 20.2. The normalized spacial score (nSPS) is 20.3. The van der Waals surface area contributed by atoms with Crippen LogP contribution in [0.5, 0.6) is 0 Å². The number of sulfonamides is 1. The standard InChI is InChI=1S/C25H31N3O4S/c1-17-10-12-27(13-11-17)33(31,32)22-8-6-21(7-9-22)28-16-20(15-24(28)29)25(30)26-23-14-18(2)4-5-19(23)3/h4-9,14,17,20H,10-13,15-16H2,1-3H3,(H,26,30)/t20-/m0/s1. The number of benzene rings is 2. The molecule has 0 bridgehead atoms. The molecular weight excluding hydrogens is 438 g/mol. The van der Waals surface area contributed by atoms with Crippen LogP contribution in [-0.2, 0) is 19.6 Å². The van der Waals surface area contributed by atoms with Gasteiger partial charge in [-0.3, -0.25) is 9.59 Å².